The van der Waals surface area contributed by atoms with E-state index in [1.165, 1.54) is 6.42 Å². The summed E-state index contributed by atoms with van der Waals surface area (Å²) in [6.07, 6.45) is 2.34. The Kier molecular flexibility index (Phi) is 2.40. The number of aliphatic carboxylic acids is 1. The van der Waals surface area contributed by atoms with E-state index in [9.17, 15) is 4.79 Å². The smallest absolute Gasteiger partial charge is 0.303 e. The first kappa shape index (κ1) is 12.4. The van der Waals surface area contributed by atoms with Crippen molar-refractivity contribution in [3.63, 3.8) is 0 Å². The lowest BCUT2D eigenvalue weighted by atomic mass is 9.61. The second-order valence-corrected chi connectivity index (χ2v) is 7.62. The van der Waals surface area contributed by atoms with Gasteiger partial charge in [0.1, 0.15) is 0 Å². The van der Waals surface area contributed by atoms with Crippen molar-refractivity contribution in [2.75, 3.05) is 26.2 Å². The topological polar surface area (TPSA) is 43.8 Å². The maximum absolute atomic E-state index is 10.9. The Bertz CT molecular complexity index is 357. The minimum absolute atomic E-state index is 0.0299. The molecule has 4 aliphatic rings. The predicted octanol–water partition coefficient (Wildman–Crippen LogP) is 1.61. The summed E-state index contributed by atoms with van der Waals surface area (Å²) in [4.78, 5) is 16.0. The normalized spacial score (nSPS) is 53.7. The molecule has 0 spiro atoms. The molecule has 4 rings (SSSR count). The molecule has 0 atom stereocenters. The Morgan fingerprint density at radius 1 is 1.06 bits per heavy atom. The van der Waals surface area contributed by atoms with Gasteiger partial charge in [-0.1, -0.05) is 13.8 Å². The second-order valence-electron chi connectivity index (χ2n) is 7.62. The van der Waals surface area contributed by atoms with E-state index >= 15 is 0 Å². The summed E-state index contributed by atoms with van der Waals surface area (Å²) in [6.45, 7) is 11.6. The maximum Gasteiger partial charge on any atom is 0.303 e. The molecule has 0 aromatic carbocycles. The molecule has 0 amide bonds. The summed E-state index contributed by atoms with van der Waals surface area (Å²) in [5.41, 5.74) is 0.791. The van der Waals surface area contributed by atoms with E-state index in [1.807, 2.05) is 0 Å². The molecule has 0 aliphatic carbocycles. The van der Waals surface area contributed by atoms with E-state index in [4.69, 9.17) is 5.11 Å². The fourth-order valence-corrected chi connectivity index (χ4v) is 4.85. The van der Waals surface area contributed by atoms with Crippen LogP contribution in [0.5, 0.6) is 0 Å². The summed E-state index contributed by atoms with van der Waals surface area (Å²) >= 11 is 0. The zero-order chi connectivity index (χ0) is 13.2. The zero-order valence-corrected chi connectivity index (χ0v) is 11.7. The van der Waals surface area contributed by atoms with Gasteiger partial charge in [-0.15, -0.1) is 0 Å². The van der Waals surface area contributed by atoms with Crippen LogP contribution in [0.1, 0.15) is 40.0 Å². The fourth-order valence-electron chi connectivity index (χ4n) is 4.85. The van der Waals surface area contributed by atoms with Crippen molar-refractivity contribution in [3.05, 3.63) is 0 Å². The number of carboxylic acid groups (broad SMARTS) is 1. The van der Waals surface area contributed by atoms with Crippen LogP contribution < -0.4 is 0 Å². The van der Waals surface area contributed by atoms with E-state index in [-0.39, 0.29) is 12.1 Å². The molecular weight excluding hydrogens is 228 g/mol. The summed E-state index contributed by atoms with van der Waals surface area (Å²) in [6, 6.07) is 0. The molecule has 0 aromatic heterocycles. The van der Waals surface area contributed by atoms with Crippen molar-refractivity contribution in [2.45, 2.75) is 45.7 Å². The Morgan fingerprint density at radius 2 is 1.50 bits per heavy atom. The van der Waals surface area contributed by atoms with Crippen LogP contribution in [0.25, 0.3) is 0 Å². The van der Waals surface area contributed by atoms with Gasteiger partial charge in [0.15, 0.2) is 0 Å². The van der Waals surface area contributed by atoms with Crippen LogP contribution in [0.4, 0.5) is 0 Å². The quantitative estimate of drug-likeness (QED) is 0.829. The molecule has 4 fully saturated rings. The van der Waals surface area contributed by atoms with Crippen LogP contribution in [0.2, 0.25) is 0 Å². The standard InChI is InChI=1S/C14H24N2O2/c1-12-6-13(2)9-15(7-12)14(3,5-4-11(17)18)16(8-12)10-13/h4-10H2,1-3H3,(H,17,18). The molecule has 4 saturated heterocycles. The van der Waals surface area contributed by atoms with E-state index < -0.39 is 5.97 Å². The number of hydrogen-bond acceptors (Lipinski definition) is 3. The third kappa shape index (κ3) is 1.69. The lowest BCUT2D eigenvalue weighted by molar-refractivity contribution is -0.238. The van der Waals surface area contributed by atoms with Crippen LogP contribution in [0.15, 0.2) is 0 Å². The van der Waals surface area contributed by atoms with Gasteiger partial charge in [0.05, 0.1) is 5.66 Å². The number of carbonyl (C=O) groups is 1. The molecule has 4 aliphatic heterocycles. The second kappa shape index (κ2) is 3.48. The average Bonchev–Trinajstić information content (AvgIpc) is 2.20. The molecule has 18 heavy (non-hydrogen) atoms. The molecule has 0 saturated carbocycles. The van der Waals surface area contributed by atoms with E-state index in [0.717, 1.165) is 32.6 Å². The summed E-state index contributed by atoms with van der Waals surface area (Å²) < 4.78 is 0. The van der Waals surface area contributed by atoms with Crippen LogP contribution in [0.3, 0.4) is 0 Å². The third-order valence-electron chi connectivity index (χ3n) is 5.32. The number of piperidine rings is 2. The van der Waals surface area contributed by atoms with Gasteiger partial charge in [-0.2, -0.15) is 0 Å². The van der Waals surface area contributed by atoms with Gasteiger partial charge in [0, 0.05) is 32.6 Å². The molecule has 0 aromatic rings. The van der Waals surface area contributed by atoms with Crippen LogP contribution in [-0.4, -0.2) is 52.7 Å². The van der Waals surface area contributed by atoms with E-state index in [2.05, 4.69) is 30.6 Å². The van der Waals surface area contributed by atoms with E-state index in [0.29, 0.717) is 10.8 Å². The van der Waals surface area contributed by atoms with Gasteiger partial charge < -0.3 is 5.11 Å². The molecular formula is C14H24N2O2. The van der Waals surface area contributed by atoms with Crippen molar-refractivity contribution in [1.82, 2.24) is 9.80 Å². The first-order valence-corrected chi connectivity index (χ1v) is 6.97. The van der Waals surface area contributed by atoms with Gasteiger partial charge >= 0.3 is 5.97 Å². The van der Waals surface area contributed by atoms with Crippen molar-refractivity contribution in [2.24, 2.45) is 10.8 Å². The van der Waals surface area contributed by atoms with Gasteiger partial charge in [0.2, 0.25) is 0 Å². The Hall–Kier alpha value is -0.610. The fraction of sp³-hybridized carbons (Fsp3) is 0.929. The molecule has 4 bridgehead atoms. The van der Waals surface area contributed by atoms with Gasteiger partial charge in [-0.25, -0.2) is 0 Å². The van der Waals surface area contributed by atoms with Crippen molar-refractivity contribution >= 4 is 5.97 Å². The van der Waals surface area contributed by atoms with Crippen LogP contribution in [0, 0.1) is 10.8 Å². The first-order valence-electron chi connectivity index (χ1n) is 6.97. The minimum atomic E-state index is -0.676. The Balaban J connectivity index is 1.85. The number of carboxylic acids is 1. The highest BCUT2D eigenvalue weighted by Crippen LogP contribution is 2.54. The molecule has 0 unspecified atom stereocenters. The molecule has 102 valence electrons. The first-order chi connectivity index (χ1) is 8.25. The molecule has 1 N–H and O–H groups in total. The molecule has 4 nitrogen and oxygen atoms in total. The van der Waals surface area contributed by atoms with Gasteiger partial charge in [-0.3, -0.25) is 14.6 Å². The van der Waals surface area contributed by atoms with Gasteiger partial charge in [-0.05, 0) is 30.6 Å². The lowest BCUT2D eigenvalue weighted by Gasteiger charge is -2.70. The highest BCUT2D eigenvalue weighted by Gasteiger charge is 2.60. The SMILES string of the molecule is CC12CN3CC(C)(CN(C1)C3(C)CCC(=O)O)C2. The minimum Gasteiger partial charge on any atom is -0.481 e. The summed E-state index contributed by atoms with van der Waals surface area (Å²) in [5, 5.41) is 8.95. The average molecular weight is 252 g/mol. The monoisotopic (exact) mass is 252 g/mol. The van der Waals surface area contributed by atoms with Crippen molar-refractivity contribution in [1.29, 1.82) is 0 Å². The highest BCUT2D eigenvalue weighted by atomic mass is 16.4. The largest absolute Gasteiger partial charge is 0.481 e. The molecule has 0 radical (unpaired) electrons. The Morgan fingerprint density at radius 3 is 1.89 bits per heavy atom. The predicted molar refractivity (Wildman–Crippen MR) is 69.3 cm³/mol. The molecule has 4 heteroatoms. The van der Waals surface area contributed by atoms with E-state index in [1.54, 1.807) is 0 Å². The number of nitrogens with zero attached hydrogens (tertiary/aromatic N) is 2. The number of hydrogen-bond donors (Lipinski definition) is 1. The van der Waals surface area contributed by atoms with Crippen molar-refractivity contribution < 1.29 is 9.90 Å². The summed E-state index contributed by atoms with van der Waals surface area (Å²) in [7, 11) is 0. The summed E-state index contributed by atoms with van der Waals surface area (Å²) in [5.74, 6) is -0.676. The number of rotatable bonds is 3. The molecule has 4 heterocycles. The van der Waals surface area contributed by atoms with Gasteiger partial charge in [0.25, 0.3) is 0 Å². The third-order valence-corrected chi connectivity index (χ3v) is 5.32. The van der Waals surface area contributed by atoms with Crippen molar-refractivity contribution in [3.8, 4) is 0 Å². The maximum atomic E-state index is 10.9. The van der Waals surface area contributed by atoms with Crippen LogP contribution in [-0.2, 0) is 4.79 Å². The lowest BCUT2D eigenvalue weighted by Crippen LogP contribution is -2.78. The highest BCUT2D eigenvalue weighted by molar-refractivity contribution is 5.66. The van der Waals surface area contributed by atoms with Crippen LogP contribution >= 0.6 is 0 Å². The Labute approximate surface area is 109 Å². The zero-order valence-electron chi connectivity index (χ0n) is 11.7.